The Labute approximate surface area is 379 Å². The molecule has 5 heterocycles. The van der Waals surface area contributed by atoms with Crippen molar-refractivity contribution in [1.82, 2.24) is 20.2 Å². The molecule has 9 N–H and O–H groups in total. The van der Waals surface area contributed by atoms with Gasteiger partial charge in [-0.1, -0.05) is 39.0 Å². The van der Waals surface area contributed by atoms with Crippen LogP contribution in [0.15, 0.2) is 70.5 Å². The molecule has 346 valence electrons. The van der Waals surface area contributed by atoms with Crippen molar-refractivity contribution in [2.45, 2.75) is 108 Å². The predicted molar refractivity (Wildman–Crippen MR) is 242 cm³/mol. The van der Waals surface area contributed by atoms with Crippen molar-refractivity contribution >= 4 is 57.7 Å². The van der Waals surface area contributed by atoms with Gasteiger partial charge in [-0.3, -0.25) is 14.6 Å². The Morgan fingerprint density at radius 2 is 1.82 bits per heavy atom. The maximum atomic E-state index is 14.3. The van der Waals surface area contributed by atoms with Crippen molar-refractivity contribution in [2.75, 3.05) is 19.0 Å². The number of nitrogens with two attached hydrogens (primary N) is 2. The third kappa shape index (κ3) is 9.62. The van der Waals surface area contributed by atoms with E-state index in [0.29, 0.717) is 29.2 Å². The van der Waals surface area contributed by atoms with Gasteiger partial charge in [0.2, 0.25) is 17.8 Å². The van der Waals surface area contributed by atoms with Gasteiger partial charge in [0.05, 0.1) is 35.1 Å². The van der Waals surface area contributed by atoms with Gasteiger partial charge in [-0.25, -0.2) is 14.6 Å². The number of nitrogens with one attached hydrogen (secondary N) is 3. The van der Waals surface area contributed by atoms with Gasteiger partial charge in [-0.2, -0.15) is 0 Å². The summed E-state index contributed by atoms with van der Waals surface area (Å²) in [6.07, 6.45) is -4.52. The number of carbonyl (C=O) groups excluding carboxylic acids is 3. The summed E-state index contributed by atoms with van der Waals surface area (Å²) in [4.78, 5) is 65.3. The number of hydrogen-bond acceptors (Lipinski definition) is 14. The number of aliphatic hydroxyl groups is 2. The Morgan fingerprint density at radius 3 is 2.51 bits per heavy atom. The number of aliphatic imine (C=N–C) groups is 1. The van der Waals surface area contributed by atoms with E-state index in [4.69, 9.17) is 52.4 Å². The molecule has 0 saturated carbocycles. The summed E-state index contributed by atoms with van der Waals surface area (Å²) in [6.45, 7) is 6.90. The molecule has 1 amide bonds. The lowest BCUT2D eigenvalue weighted by molar-refractivity contribution is -0.272. The minimum absolute atomic E-state index is 0.0653. The quantitative estimate of drug-likeness (QED) is 0.0260. The van der Waals surface area contributed by atoms with Crippen molar-refractivity contribution in [3.05, 3.63) is 87.7 Å². The second-order valence-electron chi connectivity index (χ2n) is 16.5. The van der Waals surface area contributed by atoms with Crippen LogP contribution in [0.5, 0.6) is 5.75 Å². The molecule has 0 radical (unpaired) electrons. The number of nitrogens with zero attached hydrogens (tertiary/aromatic N) is 3. The Kier molecular flexibility index (Phi) is 14.0. The number of pyridine rings is 2. The van der Waals surface area contributed by atoms with Gasteiger partial charge in [-0.15, -0.1) is 0 Å². The summed E-state index contributed by atoms with van der Waals surface area (Å²) < 4.78 is 30.1. The number of anilines is 1. The number of aromatic nitrogens is 2. The normalized spacial score (nSPS) is 23.0. The van der Waals surface area contributed by atoms with E-state index < -0.39 is 72.2 Å². The van der Waals surface area contributed by atoms with E-state index in [0.717, 1.165) is 16.5 Å². The van der Waals surface area contributed by atoms with Crippen LogP contribution in [0.4, 0.5) is 5.69 Å². The Morgan fingerprint density at radius 1 is 1.08 bits per heavy atom. The van der Waals surface area contributed by atoms with Crippen molar-refractivity contribution in [3.8, 4) is 17.1 Å². The zero-order valence-corrected chi connectivity index (χ0v) is 37.4. The summed E-state index contributed by atoms with van der Waals surface area (Å²) in [7, 11) is 1.38. The number of para-hydroxylation sites is 1. The summed E-state index contributed by atoms with van der Waals surface area (Å²) >= 11 is 5.61. The number of fused-ring (bicyclic) bond motifs is 5. The number of hydrogen-bond donors (Lipinski definition) is 7. The van der Waals surface area contributed by atoms with Gasteiger partial charge >= 0.3 is 11.9 Å². The lowest BCUT2D eigenvalue weighted by atomic mass is 9.85. The Balaban J connectivity index is 1.07. The van der Waals surface area contributed by atoms with Crippen LogP contribution in [0.3, 0.4) is 0 Å². The highest BCUT2D eigenvalue weighted by Gasteiger charge is 2.52. The van der Waals surface area contributed by atoms with Gasteiger partial charge in [0, 0.05) is 35.9 Å². The molecule has 3 aliphatic rings. The topological polar surface area (TPSA) is 273 Å². The van der Waals surface area contributed by atoms with Crippen molar-refractivity contribution in [1.29, 1.82) is 0 Å². The highest BCUT2D eigenvalue weighted by molar-refractivity contribution is 7.80. The Hall–Kier alpha value is -6.19. The summed E-state index contributed by atoms with van der Waals surface area (Å²) in [6, 6.07) is 15.5. The maximum Gasteiger partial charge on any atom is 0.355 e. The van der Waals surface area contributed by atoms with Crippen molar-refractivity contribution in [3.63, 3.8) is 0 Å². The van der Waals surface area contributed by atoms with Gasteiger partial charge < -0.3 is 65.9 Å². The van der Waals surface area contributed by atoms with E-state index in [1.54, 1.807) is 62.6 Å². The Bertz CT molecular complexity index is 2550. The van der Waals surface area contributed by atoms with Crippen LogP contribution in [-0.2, 0) is 52.1 Å². The molecule has 0 aliphatic carbocycles. The number of amides is 1. The van der Waals surface area contributed by atoms with Gasteiger partial charge in [-0.05, 0) is 86.8 Å². The SMILES string of the molecule is CC[C@@]1(OC(=O)[C@H](NC(=O)[C@H](CCCN=C(N)N)NC(=S)Nc2ccc(O[C@H]3O[C@@H](C)[C@@H](O)[C@@H](OC)[C@@H]3O)cc2)C(C)C)C(=O)OCc2c1cc1n(c2=O)Cc2cc3ccccc3nc2-1. The minimum atomic E-state index is -2.00. The molecule has 4 aromatic rings. The molecule has 0 spiro atoms. The second-order valence-corrected chi connectivity index (χ2v) is 17.0. The number of guanidine groups is 1. The minimum Gasteiger partial charge on any atom is -0.462 e. The first kappa shape index (κ1) is 46.8. The van der Waals surface area contributed by atoms with Crippen LogP contribution in [0.1, 0.15) is 63.6 Å². The summed E-state index contributed by atoms with van der Waals surface area (Å²) in [5.74, 6) is -2.66. The van der Waals surface area contributed by atoms with E-state index in [1.165, 1.54) is 7.11 Å². The van der Waals surface area contributed by atoms with Crippen LogP contribution in [0.2, 0.25) is 0 Å². The predicted octanol–water partition coefficient (Wildman–Crippen LogP) is 2.04. The largest absolute Gasteiger partial charge is 0.462 e. The molecule has 65 heavy (non-hydrogen) atoms. The first-order chi connectivity index (χ1) is 31.0. The first-order valence-electron chi connectivity index (χ1n) is 21.4. The van der Waals surface area contributed by atoms with Crippen LogP contribution < -0.4 is 37.7 Å². The third-order valence-corrected chi connectivity index (χ3v) is 12.1. The van der Waals surface area contributed by atoms with E-state index in [9.17, 15) is 29.4 Å². The fraction of sp³-hybridized carbons (Fsp3) is 0.444. The lowest BCUT2D eigenvalue weighted by Gasteiger charge is -2.40. The highest BCUT2D eigenvalue weighted by atomic mass is 32.1. The van der Waals surface area contributed by atoms with E-state index >= 15 is 0 Å². The van der Waals surface area contributed by atoms with Crippen LogP contribution in [-0.4, -0.2) is 105 Å². The van der Waals surface area contributed by atoms with E-state index in [-0.39, 0.29) is 60.3 Å². The van der Waals surface area contributed by atoms with Gasteiger partial charge in [0.15, 0.2) is 11.1 Å². The molecule has 0 bridgehead atoms. The van der Waals surface area contributed by atoms with Crippen LogP contribution in [0, 0.1) is 5.92 Å². The molecule has 7 rings (SSSR count). The molecule has 8 atom stereocenters. The molecule has 2 aromatic carbocycles. The molecule has 0 unspecified atom stereocenters. The van der Waals surface area contributed by atoms with Crippen molar-refractivity contribution in [2.24, 2.45) is 22.4 Å². The molecule has 1 fully saturated rings. The number of carbonyl (C=O) groups is 3. The number of methoxy groups -OCH3 is 1. The molecule has 3 aliphatic heterocycles. The monoisotopic (exact) mass is 914 g/mol. The van der Waals surface area contributed by atoms with E-state index in [2.05, 4.69) is 20.9 Å². The first-order valence-corrected chi connectivity index (χ1v) is 21.8. The number of cyclic esters (lactones) is 1. The zero-order valence-electron chi connectivity index (χ0n) is 36.6. The maximum absolute atomic E-state index is 14.3. The molecule has 2 aromatic heterocycles. The number of benzene rings is 2. The average molecular weight is 915 g/mol. The second kappa shape index (κ2) is 19.5. The fourth-order valence-electron chi connectivity index (χ4n) is 8.29. The smallest absolute Gasteiger partial charge is 0.355 e. The highest BCUT2D eigenvalue weighted by Crippen LogP contribution is 2.41. The lowest BCUT2D eigenvalue weighted by Crippen LogP contribution is -2.59. The molecule has 1 saturated heterocycles. The van der Waals surface area contributed by atoms with Crippen LogP contribution in [0.25, 0.3) is 22.3 Å². The molecular weight excluding hydrogens is 861 g/mol. The van der Waals surface area contributed by atoms with Crippen molar-refractivity contribution < 1.29 is 48.3 Å². The van der Waals surface area contributed by atoms with Gasteiger partial charge in [0.1, 0.15) is 42.8 Å². The number of aliphatic hydroxyl groups excluding tert-OH is 2. The number of rotatable bonds is 15. The fourth-order valence-corrected chi connectivity index (χ4v) is 8.55. The summed E-state index contributed by atoms with van der Waals surface area (Å²) in [5.41, 5.74) is 12.2. The summed E-state index contributed by atoms with van der Waals surface area (Å²) in [5, 5.41) is 30.8. The number of ether oxygens (including phenoxy) is 5. The van der Waals surface area contributed by atoms with E-state index in [1.807, 2.05) is 30.3 Å². The third-order valence-electron chi connectivity index (χ3n) is 11.9. The van der Waals surface area contributed by atoms with Crippen LogP contribution >= 0.6 is 12.2 Å². The molecule has 20 heteroatoms. The number of esters is 2. The molecular formula is C45H54N8O11S. The van der Waals surface area contributed by atoms with Gasteiger partial charge in [0.25, 0.3) is 5.56 Å². The average Bonchev–Trinajstić information content (AvgIpc) is 3.63. The number of thiocarbonyl (C=S) groups is 1. The molecule has 19 nitrogen and oxygen atoms in total. The zero-order chi connectivity index (χ0) is 46.7. The standard InChI is InChI=1S/C45H54N8O11S/c1-6-45(29-19-32-34-25(18-24-10-7-8-11-30(24)50-34)20-53(32)39(57)28(29)21-61-42(45)59)64-40(58)33(22(2)3)52-38(56)31(12-9-17-48-43(46)47)51-44(65)49-26-13-15-27(16-14-26)63-41-36(55)37(60-5)35(54)23(4)62-41/h7-8,10-11,13-16,18-19,22-23,31,33,35-37,41,54-55H,6,9,12,17,20-21H2,1-5H3,(H,52,56)(H4,46,47,48)(H2,49,51,65)/t23-,31-,33+,35+,36-,37+,41+,45-/m0/s1.